The Morgan fingerprint density at radius 1 is 0.791 bits per heavy atom. The first-order valence-electron chi connectivity index (χ1n) is 12.4. The van der Waals surface area contributed by atoms with Crippen LogP contribution in [0.25, 0.3) is 5.57 Å². The maximum absolute atomic E-state index is 14.1. The molecule has 3 aromatic carbocycles. The molecule has 2 atom stereocenters. The van der Waals surface area contributed by atoms with Crippen LogP contribution in [0.2, 0.25) is 0 Å². The van der Waals surface area contributed by atoms with Crippen LogP contribution in [-0.2, 0) is 23.9 Å². The summed E-state index contributed by atoms with van der Waals surface area (Å²) in [6, 6.07) is 12.9. The van der Waals surface area contributed by atoms with Crippen LogP contribution in [0.1, 0.15) is 41.4 Å². The van der Waals surface area contributed by atoms with Gasteiger partial charge in [0.2, 0.25) is 5.78 Å². The fraction of sp³-hybridized carbons (Fsp3) is 0.200. The van der Waals surface area contributed by atoms with E-state index < -0.39 is 35.9 Å². The molecular weight excluding hydrogens is 824 g/mol. The van der Waals surface area contributed by atoms with E-state index in [0.717, 1.165) is 0 Å². The maximum Gasteiger partial charge on any atom is 0.343 e. The number of hydrogen-bond acceptors (Lipinski definition) is 9. The molecule has 2 unspecified atom stereocenters. The van der Waals surface area contributed by atoms with Gasteiger partial charge in [0.15, 0.2) is 18.0 Å². The Morgan fingerprint density at radius 2 is 1.35 bits per heavy atom. The van der Waals surface area contributed by atoms with E-state index >= 15 is 0 Å². The van der Waals surface area contributed by atoms with E-state index in [4.69, 9.17) is 23.7 Å². The predicted molar refractivity (Wildman–Crippen MR) is 170 cm³/mol. The smallest absolute Gasteiger partial charge is 0.343 e. The van der Waals surface area contributed by atoms with Crippen LogP contribution >= 0.6 is 63.7 Å². The minimum Gasteiger partial charge on any atom is -0.497 e. The number of esters is 3. The molecule has 0 spiro atoms. The average Bonchev–Trinajstić information content (AvgIpc) is 3.29. The Kier molecular flexibility index (Phi) is 10.5. The zero-order chi connectivity index (χ0) is 31.6. The molecule has 13 heteroatoms. The van der Waals surface area contributed by atoms with Crippen LogP contribution < -0.4 is 14.2 Å². The van der Waals surface area contributed by atoms with Gasteiger partial charge in [0, 0.05) is 25.0 Å². The Balaban J connectivity index is 1.98. The van der Waals surface area contributed by atoms with Gasteiger partial charge in [-0.1, -0.05) is 12.1 Å². The number of carbonyl (C=O) groups excluding carboxylic acids is 4. The van der Waals surface area contributed by atoms with Gasteiger partial charge in [-0.25, -0.2) is 4.79 Å². The number of carbonyl (C=O) groups is 4. The number of cyclic esters (lactones) is 1. The number of ether oxygens (including phenoxy) is 5. The number of Topliss-reactive ketones (excluding diaryl/α,β-unsaturated/α-hetero) is 1. The number of hydrogen-bond donors (Lipinski definition) is 0. The monoisotopic (exact) mass is 842 g/mol. The van der Waals surface area contributed by atoms with Gasteiger partial charge in [-0.2, -0.15) is 0 Å². The fourth-order valence-electron chi connectivity index (χ4n) is 4.49. The summed E-state index contributed by atoms with van der Waals surface area (Å²) in [6.07, 6.45) is -2.36. The largest absolute Gasteiger partial charge is 0.497 e. The highest BCUT2D eigenvalue weighted by Crippen LogP contribution is 2.45. The molecule has 0 fully saturated rings. The lowest BCUT2D eigenvalue weighted by atomic mass is 9.88. The summed E-state index contributed by atoms with van der Waals surface area (Å²) in [5, 5.41) is 0. The highest BCUT2D eigenvalue weighted by molar-refractivity contribution is 9.11. The Bertz CT molecular complexity index is 1620. The molecule has 0 radical (unpaired) electrons. The minimum absolute atomic E-state index is 0.160. The summed E-state index contributed by atoms with van der Waals surface area (Å²) in [5.74, 6) is -1.51. The number of ketones is 1. The summed E-state index contributed by atoms with van der Waals surface area (Å²) in [6.45, 7) is 2.49. The molecule has 0 bridgehead atoms. The Hall–Kier alpha value is -3.00. The third-order valence-corrected chi connectivity index (χ3v) is 8.61. The van der Waals surface area contributed by atoms with Gasteiger partial charge in [-0.15, -0.1) is 0 Å². The molecule has 0 N–H and O–H groups in total. The number of methoxy groups -OCH3 is 2. The molecule has 3 aromatic rings. The molecule has 9 nitrogen and oxygen atoms in total. The molecule has 0 aliphatic carbocycles. The topological polar surface area (TPSA) is 114 Å². The standard InChI is InChI=1S/C30H22Br4O9/c1-13(35)41-26(15-5-7-18(39-3)8-6-15)29-23(16-9-21(33)28(22(34)10-16)42-14(2)36)24(30(38)43-29)25(37)17-11-19(31)27(40-4)20(32)12-17/h5-12,26,29H,1-4H3. The third kappa shape index (κ3) is 7.05. The average molecular weight is 846 g/mol. The third-order valence-electron chi connectivity index (χ3n) is 6.25. The molecule has 4 rings (SSSR count). The van der Waals surface area contributed by atoms with Crippen molar-refractivity contribution < 1.29 is 42.9 Å². The van der Waals surface area contributed by atoms with Crippen molar-refractivity contribution in [2.45, 2.75) is 26.1 Å². The van der Waals surface area contributed by atoms with Crippen molar-refractivity contribution in [3.63, 3.8) is 0 Å². The van der Waals surface area contributed by atoms with Gasteiger partial charge in [0.25, 0.3) is 0 Å². The van der Waals surface area contributed by atoms with Crippen LogP contribution in [0, 0.1) is 0 Å². The molecule has 224 valence electrons. The molecule has 0 aromatic heterocycles. The van der Waals surface area contributed by atoms with Crippen molar-refractivity contribution in [1.82, 2.24) is 0 Å². The predicted octanol–water partition coefficient (Wildman–Crippen LogP) is 7.55. The Labute approximate surface area is 280 Å². The second-order valence-electron chi connectivity index (χ2n) is 9.08. The zero-order valence-electron chi connectivity index (χ0n) is 23.0. The maximum atomic E-state index is 14.1. The SMILES string of the molecule is COc1ccc(C(OC(C)=O)C2OC(=O)C(C(=O)c3cc(Br)c(OC)c(Br)c3)=C2c2cc(Br)c(OC(C)=O)c(Br)c2)cc1. The van der Waals surface area contributed by atoms with Crippen LogP contribution in [-0.4, -0.2) is 44.0 Å². The van der Waals surface area contributed by atoms with Gasteiger partial charge in [0.1, 0.15) is 17.1 Å². The van der Waals surface area contributed by atoms with Crippen LogP contribution in [0.5, 0.6) is 17.2 Å². The van der Waals surface area contributed by atoms with E-state index in [2.05, 4.69) is 63.7 Å². The van der Waals surface area contributed by atoms with Crippen LogP contribution in [0.4, 0.5) is 0 Å². The lowest BCUT2D eigenvalue weighted by Crippen LogP contribution is -2.25. The lowest BCUT2D eigenvalue weighted by Gasteiger charge is -2.26. The molecule has 0 saturated carbocycles. The minimum atomic E-state index is -1.23. The van der Waals surface area contributed by atoms with Gasteiger partial charge in [-0.05, 0) is 111 Å². The van der Waals surface area contributed by atoms with Gasteiger partial charge in [-0.3, -0.25) is 14.4 Å². The van der Waals surface area contributed by atoms with E-state index in [9.17, 15) is 19.2 Å². The Morgan fingerprint density at radius 3 is 1.84 bits per heavy atom. The summed E-state index contributed by atoms with van der Waals surface area (Å²) < 4.78 is 29.1. The first-order valence-corrected chi connectivity index (χ1v) is 15.5. The van der Waals surface area contributed by atoms with Crippen molar-refractivity contribution >= 4 is 93.0 Å². The quantitative estimate of drug-likeness (QED) is 0.0933. The van der Waals surface area contributed by atoms with Gasteiger partial charge >= 0.3 is 17.9 Å². The van der Waals surface area contributed by atoms with Crippen LogP contribution in [0.3, 0.4) is 0 Å². The van der Waals surface area contributed by atoms with Crippen molar-refractivity contribution in [3.05, 3.63) is 88.7 Å². The van der Waals surface area contributed by atoms with E-state index in [1.807, 2.05) is 0 Å². The summed E-state index contributed by atoms with van der Waals surface area (Å²) in [7, 11) is 3.00. The number of halogens is 4. The van der Waals surface area contributed by atoms with E-state index in [-0.39, 0.29) is 22.5 Å². The van der Waals surface area contributed by atoms with Crippen molar-refractivity contribution in [2.24, 2.45) is 0 Å². The van der Waals surface area contributed by atoms with E-state index in [1.165, 1.54) is 40.2 Å². The van der Waals surface area contributed by atoms with Gasteiger partial charge in [0.05, 0.1) is 32.1 Å². The summed E-state index contributed by atoms with van der Waals surface area (Å²) in [4.78, 5) is 51.7. The zero-order valence-corrected chi connectivity index (χ0v) is 29.3. The highest BCUT2D eigenvalue weighted by Gasteiger charge is 2.45. The highest BCUT2D eigenvalue weighted by atomic mass is 79.9. The van der Waals surface area contributed by atoms with Gasteiger partial charge < -0.3 is 23.7 Å². The summed E-state index contributed by atoms with van der Waals surface area (Å²) in [5.41, 5.74) is 0.915. The van der Waals surface area contributed by atoms with E-state index in [0.29, 0.717) is 40.5 Å². The molecule has 1 aliphatic rings. The fourth-order valence-corrected chi connectivity index (χ4v) is 7.34. The van der Waals surface area contributed by atoms with Crippen molar-refractivity contribution in [1.29, 1.82) is 0 Å². The van der Waals surface area contributed by atoms with Crippen molar-refractivity contribution in [2.75, 3.05) is 14.2 Å². The van der Waals surface area contributed by atoms with Crippen molar-refractivity contribution in [3.8, 4) is 17.2 Å². The number of rotatable bonds is 9. The number of benzene rings is 3. The summed E-state index contributed by atoms with van der Waals surface area (Å²) >= 11 is 13.6. The normalized spacial score (nSPS) is 15.1. The van der Waals surface area contributed by atoms with Crippen LogP contribution in [0.15, 0.2) is 72.0 Å². The molecule has 43 heavy (non-hydrogen) atoms. The molecule has 1 aliphatic heterocycles. The first kappa shape index (κ1) is 32.9. The second kappa shape index (κ2) is 13.7. The molecule has 0 saturated heterocycles. The molecule has 1 heterocycles. The van der Waals surface area contributed by atoms with E-state index in [1.54, 1.807) is 36.4 Å². The first-order chi connectivity index (χ1) is 20.4. The lowest BCUT2D eigenvalue weighted by molar-refractivity contribution is -0.158. The molecule has 0 amide bonds. The molecular formula is C30H22Br4O9. The second-order valence-corrected chi connectivity index (χ2v) is 12.5.